The predicted octanol–water partition coefficient (Wildman–Crippen LogP) is 2.14. The summed E-state index contributed by atoms with van der Waals surface area (Å²) in [5, 5.41) is 0. The minimum Gasteiger partial charge on any atom is -0.399 e. The second kappa shape index (κ2) is 5.35. The smallest absolute Gasteiger partial charge is 0.399 e. The summed E-state index contributed by atoms with van der Waals surface area (Å²) in [6, 6.07) is 2.90. The summed E-state index contributed by atoms with van der Waals surface area (Å²) < 4.78 is 26.1. The van der Waals surface area contributed by atoms with Gasteiger partial charge in [0.2, 0.25) is 0 Å². The highest BCUT2D eigenvalue weighted by Gasteiger charge is 2.52. The normalized spacial score (nSPS) is 19.4. The fourth-order valence-electron chi connectivity index (χ4n) is 2.32. The van der Waals surface area contributed by atoms with E-state index in [1.54, 1.807) is 21.0 Å². The Morgan fingerprint density at radius 1 is 1.14 bits per heavy atom. The number of carbonyl (C=O) groups is 1. The van der Waals surface area contributed by atoms with E-state index >= 15 is 0 Å². The van der Waals surface area contributed by atoms with Crippen LogP contribution in [0.3, 0.4) is 0 Å². The lowest BCUT2D eigenvalue weighted by molar-refractivity contribution is 0.00578. The first-order valence-electron chi connectivity index (χ1n) is 7.33. The van der Waals surface area contributed by atoms with Crippen LogP contribution in [-0.4, -0.2) is 43.2 Å². The minimum absolute atomic E-state index is 0.0281. The first kappa shape index (κ1) is 17.0. The molecular formula is C16H23BFNO3. The standard InChI is InChI=1S/C16H23BFNO3/c1-10-8-13(18)11(14(20)19(6)7)9-12(10)17-21-15(2,3)16(4,5)22-17/h8-9H,1-7H3. The molecule has 1 amide bonds. The Balaban J connectivity index is 2.45. The molecule has 0 atom stereocenters. The lowest BCUT2D eigenvalue weighted by atomic mass is 9.75. The number of aryl methyl sites for hydroxylation is 1. The van der Waals surface area contributed by atoms with E-state index in [9.17, 15) is 9.18 Å². The molecule has 0 aliphatic carbocycles. The van der Waals surface area contributed by atoms with Gasteiger partial charge in [-0.25, -0.2) is 4.39 Å². The van der Waals surface area contributed by atoms with Gasteiger partial charge in [0.25, 0.3) is 5.91 Å². The average Bonchev–Trinajstić information content (AvgIpc) is 2.57. The number of carbonyl (C=O) groups excluding carboxylic acids is 1. The van der Waals surface area contributed by atoms with Gasteiger partial charge < -0.3 is 14.2 Å². The van der Waals surface area contributed by atoms with E-state index in [0.29, 0.717) is 11.0 Å². The Bertz CT molecular complexity index is 598. The maximum absolute atomic E-state index is 14.1. The van der Waals surface area contributed by atoms with Crippen molar-refractivity contribution in [3.63, 3.8) is 0 Å². The Morgan fingerprint density at radius 3 is 2.09 bits per heavy atom. The number of amides is 1. The summed E-state index contributed by atoms with van der Waals surface area (Å²) in [5.74, 6) is -0.910. The summed E-state index contributed by atoms with van der Waals surface area (Å²) in [6.07, 6.45) is 0. The molecule has 0 N–H and O–H groups in total. The van der Waals surface area contributed by atoms with E-state index < -0.39 is 24.1 Å². The molecule has 1 heterocycles. The maximum atomic E-state index is 14.1. The molecule has 1 aliphatic rings. The van der Waals surface area contributed by atoms with Crippen LogP contribution in [0.15, 0.2) is 12.1 Å². The topological polar surface area (TPSA) is 38.8 Å². The summed E-state index contributed by atoms with van der Waals surface area (Å²) in [7, 11) is 2.57. The van der Waals surface area contributed by atoms with Gasteiger partial charge in [0.1, 0.15) is 5.82 Å². The second-order valence-electron chi connectivity index (χ2n) is 6.98. The zero-order chi connectivity index (χ0) is 16.9. The first-order valence-corrected chi connectivity index (χ1v) is 7.33. The molecule has 4 nitrogen and oxygen atoms in total. The van der Waals surface area contributed by atoms with Crippen LogP contribution in [-0.2, 0) is 9.31 Å². The van der Waals surface area contributed by atoms with Crippen LogP contribution in [0.2, 0.25) is 0 Å². The van der Waals surface area contributed by atoms with Gasteiger partial charge in [0, 0.05) is 14.1 Å². The molecule has 22 heavy (non-hydrogen) atoms. The van der Waals surface area contributed by atoms with Crippen molar-refractivity contribution in [2.45, 2.75) is 45.8 Å². The predicted molar refractivity (Wildman–Crippen MR) is 84.9 cm³/mol. The highest BCUT2D eigenvalue weighted by Crippen LogP contribution is 2.36. The molecule has 1 aromatic rings. The van der Waals surface area contributed by atoms with Crippen LogP contribution in [0.5, 0.6) is 0 Å². The van der Waals surface area contributed by atoms with Gasteiger partial charge in [-0.2, -0.15) is 0 Å². The van der Waals surface area contributed by atoms with Crippen molar-refractivity contribution in [3.05, 3.63) is 29.1 Å². The zero-order valence-electron chi connectivity index (χ0n) is 14.3. The quantitative estimate of drug-likeness (QED) is 0.786. The molecule has 6 heteroatoms. The molecule has 0 saturated carbocycles. The minimum atomic E-state index is -0.612. The van der Waals surface area contributed by atoms with Crippen molar-refractivity contribution in [1.82, 2.24) is 4.90 Å². The van der Waals surface area contributed by atoms with E-state index in [1.807, 2.05) is 27.7 Å². The molecule has 0 radical (unpaired) electrons. The highest BCUT2D eigenvalue weighted by atomic mass is 19.1. The molecule has 1 aromatic carbocycles. The van der Waals surface area contributed by atoms with Crippen molar-refractivity contribution in [2.24, 2.45) is 0 Å². The van der Waals surface area contributed by atoms with Gasteiger partial charge in [-0.05, 0) is 57.8 Å². The largest absolute Gasteiger partial charge is 0.495 e. The summed E-state index contributed by atoms with van der Waals surface area (Å²) in [5.41, 5.74) is 0.450. The van der Waals surface area contributed by atoms with Crippen LogP contribution in [0, 0.1) is 12.7 Å². The highest BCUT2D eigenvalue weighted by molar-refractivity contribution is 6.62. The lowest BCUT2D eigenvalue weighted by Gasteiger charge is -2.32. The van der Waals surface area contributed by atoms with Crippen LogP contribution in [0.1, 0.15) is 43.6 Å². The summed E-state index contributed by atoms with van der Waals surface area (Å²) >= 11 is 0. The van der Waals surface area contributed by atoms with Crippen molar-refractivity contribution >= 4 is 18.5 Å². The van der Waals surface area contributed by atoms with Crippen LogP contribution in [0.4, 0.5) is 4.39 Å². The summed E-state index contributed by atoms with van der Waals surface area (Å²) in [4.78, 5) is 13.5. The van der Waals surface area contributed by atoms with E-state index in [-0.39, 0.29) is 11.5 Å². The molecule has 120 valence electrons. The van der Waals surface area contributed by atoms with Crippen LogP contribution >= 0.6 is 0 Å². The number of hydrogen-bond donors (Lipinski definition) is 0. The Morgan fingerprint density at radius 2 is 1.64 bits per heavy atom. The third-order valence-corrected chi connectivity index (χ3v) is 4.50. The van der Waals surface area contributed by atoms with Crippen LogP contribution < -0.4 is 5.46 Å². The van der Waals surface area contributed by atoms with Gasteiger partial charge in [0.05, 0.1) is 16.8 Å². The van der Waals surface area contributed by atoms with Gasteiger partial charge in [0.15, 0.2) is 0 Å². The first-order chi connectivity index (χ1) is 9.96. The molecule has 0 spiro atoms. The fourth-order valence-corrected chi connectivity index (χ4v) is 2.32. The molecule has 1 aliphatic heterocycles. The molecule has 1 fully saturated rings. The van der Waals surface area contributed by atoms with E-state index in [2.05, 4.69) is 0 Å². The summed E-state index contributed by atoms with van der Waals surface area (Å²) in [6.45, 7) is 9.61. The van der Waals surface area contributed by atoms with E-state index in [1.165, 1.54) is 17.0 Å². The number of benzene rings is 1. The van der Waals surface area contributed by atoms with Crippen LogP contribution in [0.25, 0.3) is 0 Å². The zero-order valence-corrected chi connectivity index (χ0v) is 14.3. The molecule has 0 unspecified atom stereocenters. The molecular weight excluding hydrogens is 284 g/mol. The van der Waals surface area contributed by atoms with Crippen molar-refractivity contribution in [2.75, 3.05) is 14.1 Å². The monoisotopic (exact) mass is 307 g/mol. The van der Waals surface area contributed by atoms with Gasteiger partial charge >= 0.3 is 7.12 Å². The molecule has 1 saturated heterocycles. The lowest BCUT2D eigenvalue weighted by Crippen LogP contribution is -2.41. The molecule has 2 rings (SSSR count). The fraction of sp³-hybridized carbons (Fsp3) is 0.562. The average molecular weight is 307 g/mol. The van der Waals surface area contributed by atoms with E-state index in [4.69, 9.17) is 9.31 Å². The van der Waals surface area contributed by atoms with Crippen molar-refractivity contribution < 1.29 is 18.5 Å². The third-order valence-electron chi connectivity index (χ3n) is 4.50. The molecule has 0 aromatic heterocycles. The van der Waals surface area contributed by atoms with Crippen molar-refractivity contribution in [3.8, 4) is 0 Å². The number of nitrogens with zero attached hydrogens (tertiary/aromatic N) is 1. The number of halogens is 1. The van der Waals surface area contributed by atoms with E-state index in [0.717, 1.165) is 0 Å². The Hall–Kier alpha value is -1.40. The van der Waals surface area contributed by atoms with Gasteiger partial charge in [-0.1, -0.05) is 0 Å². The number of rotatable bonds is 2. The second-order valence-corrected chi connectivity index (χ2v) is 6.98. The van der Waals surface area contributed by atoms with Crippen molar-refractivity contribution in [1.29, 1.82) is 0 Å². The van der Waals surface area contributed by atoms with Gasteiger partial charge in [-0.15, -0.1) is 0 Å². The Kier molecular flexibility index (Phi) is 4.13. The number of hydrogen-bond acceptors (Lipinski definition) is 3. The van der Waals surface area contributed by atoms with Gasteiger partial charge in [-0.3, -0.25) is 4.79 Å². The SMILES string of the molecule is Cc1cc(F)c(C(=O)N(C)C)cc1B1OC(C)(C)C(C)(C)O1. The Labute approximate surface area is 131 Å². The third kappa shape index (κ3) is 2.77. The molecule has 0 bridgehead atoms. The maximum Gasteiger partial charge on any atom is 0.495 e.